The molecule has 0 amide bonds. The van der Waals surface area contributed by atoms with E-state index in [1.807, 2.05) is 13.8 Å². The maximum Gasteiger partial charge on any atom is 0.309 e. The van der Waals surface area contributed by atoms with Crippen molar-refractivity contribution in [1.82, 2.24) is 0 Å². The second kappa shape index (κ2) is 3.25. The van der Waals surface area contributed by atoms with E-state index in [2.05, 4.69) is 4.74 Å². The van der Waals surface area contributed by atoms with Crippen LogP contribution in [0.1, 0.15) is 20.3 Å². The zero-order valence-electron chi connectivity index (χ0n) is 7.66. The standard InChI is InChI=1S/C9H14O3/c1-5(2)8(10)6-4-7(6)9(11)12-3/h5-7H,4H2,1-3H3/t6-,7?/m0/s1. The molecule has 3 nitrogen and oxygen atoms in total. The highest BCUT2D eigenvalue weighted by Crippen LogP contribution is 2.41. The number of ether oxygens (including phenoxy) is 1. The van der Waals surface area contributed by atoms with E-state index < -0.39 is 0 Å². The summed E-state index contributed by atoms with van der Waals surface area (Å²) in [7, 11) is 1.36. The second-order valence-corrected chi connectivity index (χ2v) is 3.53. The Morgan fingerprint density at radius 3 is 2.33 bits per heavy atom. The van der Waals surface area contributed by atoms with E-state index in [9.17, 15) is 9.59 Å². The first-order chi connectivity index (χ1) is 5.57. The zero-order valence-corrected chi connectivity index (χ0v) is 7.66. The Hall–Kier alpha value is -0.860. The van der Waals surface area contributed by atoms with Crippen LogP contribution in [-0.2, 0) is 14.3 Å². The molecule has 0 aromatic rings. The summed E-state index contributed by atoms with van der Waals surface area (Å²) >= 11 is 0. The summed E-state index contributed by atoms with van der Waals surface area (Å²) in [6, 6.07) is 0. The number of carbonyl (C=O) groups excluding carboxylic acids is 2. The molecule has 0 heterocycles. The van der Waals surface area contributed by atoms with Crippen molar-refractivity contribution < 1.29 is 14.3 Å². The van der Waals surface area contributed by atoms with E-state index in [0.29, 0.717) is 6.42 Å². The molecule has 0 N–H and O–H groups in total. The highest BCUT2D eigenvalue weighted by Gasteiger charge is 2.48. The van der Waals surface area contributed by atoms with Crippen LogP contribution < -0.4 is 0 Å². The maximum atomic E-state index is 11.3. The van der Waals surface area contributed by atoms with E-state index >= 15 is 0 Å². The fourth-order valence-electron chi connectivity index (χ4n) is 1.35. The van der Waals surface area contributed by atoms with Gasteiger partial charge >= 0.3 is 5.97 Å². The molecule has 1 saturated carbocycles. The lowest BCUT2D eigenvalue weighted by atomic mass is 10.0. The molecule has 2 atom stereocenters. The van der Waals surface area contributed by atoms with Gasteiger partial charge in [-0.1, -0.05) is 13.8 Å². The Morgan fingerprint density at radius 1 is 1.33 bits per heavy atom. The van der Waals surface area contributed by atoms with Crippen LogP contribution >= 0.6 is 0 Å². The smallest absolute Gasteiger partial charge is 0.309 e. The van der Waals surface area contributed by atoms with E-state index in [1.165, 1.54) is 7.11 Å². The lowest BCUT2D eigenvalue weighted by Gasteiger charge is -2.01. The number of hydrogen-bond donors (Lipinski definition) is 0. The summed E-state index contributed by atoms with van der Waals surface area (Å²) in [5, 5.41) is 0. The number of ketones is 1. The van der Waals surface area contributed by atoms with Crippen LogP contribution in [0.2, 0.25) is 0 Å². The van der Waals surface area contributed by atoms with Gasteiger partial charge in [0, 0.05) is 11.8 Å². The third-order valence-corrected chi connectivity index (χ3v) is 2.23. The van der Waals surface area contributed by atoms with E-state index in [-0.39, 0.29) is 29.5 Å². The highest BCUT2D eigenvalue weighted by atomic mass is 16.5. The predicted octanol–water partition coefficient (Wildman–Crippen LogP) is 1.02. The van der Waals surface area contributed by atoms with Gasteiger partial charge in [-0.3, -0.25) is 9.59 Å². The summed E-state index contributed by atoms with van der Waals surface area (Å²) < 4.78 is 4.54. The fraction of sp³-hybridized carbons (Fsp3) is 0.778. The number of esters is 1. The monoisotopic (exact) mass is 170 g/mol. The molecule has 0 saturated heterocycles. The van der Waals surface area contributed by atoms with Crippen LogP contribution in [0.15, 0.2) is 0 Å². The van der Waals surface area contributed by atoms with Crippen LogP contribution in [0.25, 0.3) is 0 Å². The second-order valence-electron chi connectivity index (χ2n) is 3.53. The van der Waals surface area contributed by atoms with Crippen molar-refractivity contribution in [3.05, 3.63) is 0 Å². The lowest BCUT2D eigenvalue weighted by Crippen LogP contribution is -2.14. The first kappa shape index (κ1) is 9.23. The van der Waals surface area contributed by atoms with Gasteiger partial charge in [-0.2, -0.15) is 0 Å². The third kappa shape index (κ3) is 1.65. The molecule has 68 valence electrons. The van der Waals surface area contributed by atoms with Gasteiger partial charge in [-0.05, 0) is 6.42 Å². The van der Waals surface area contributed by atoms with Crippen LogP contribution in [0.5, 0.6) is 0 Å². The molecule has 0 aromatic carbocycles. The maximum absolute atomic E-state index is 11.3. The average molecular weight is 170 g/mol. The first-order valence-electron chi connectivity index (χ1n) is 4.19. The van der Waals surface area contributed by atoms with Crippen molar-refractivity contribution >= 4 is 11.8 Å². The Kier molecular flexibility index (Phi) is 2.50. The molecule has 1 aliphatic carbocycles. The van der Waals surface area contributed by atoms with Gasteiger partial charge in [0.05, 0.1) is 13.0 Å². The minimum Gasteiger partial charge on any atom is -0.469 e. The third-order valence-electron chi connectivity index (χ3n) is 2.23. The minimum absolute atomic E-state index is 0.0321. The first-order valence-corrected chi connectivity index (χ1v) is 4.19. The van der Waals surface area contributed by atoms with Gasteiger partial charge in [-0.15, -0.1) is 0 Å². The summed E-state index contributed by atoms with van der Waals surface area (Å²) in [6.07, 6.45) is 0.684. The van der Waals surface area contributed by atoms with Gasteiger partial charge in [0.25, 0.3) is 0 Å². The number of carbonyl (C=O) groups is 2. The van der Waals surface area contributed by atoms with Crippen LogP contribution in [0.4, 0.5) is 0 Å². The normalized spacial score (nSPS) is 27.0. The summed E-state index contributed by atoms with van der Waals surface area (Å²) in [4.78, 5) is 22.3. The van der Waals surface area contributed by atoms with Crippen molar-refractivity contribution in [3.8, 4) is 0 Å². The van der Waals surface area contributed by atoms with Crippen LogP contribution in [0, 0.1) is 17.8 Å². The van der Waals surface area contributed by atoms with Crippen molar-refractivity contribution in [3.63, 3.8) is 0 Å². The van der Waals surface area contributed by atoms with Crippen molar-refractivity contribution in [1.29, 1.82) is 0 Å². The fourth-order valence-corrected chi connectivity index (χ4v) is 1.35. The molecule has 12 heavy (non-hydrogen) atoms. The molecular weight excluding hydrogens is 156 g/mol. The zero-order chi connectivity index (χ0) is 9.30. The SMILES string of the molecule is COC(=O)C1C[C@@H]1C(=O)C(C)C. The molecule has 3 heteroatoms. The Balaban J connectivity index is 2.42. The van der Waals surface area contributed by atoms with E-state index in [4.69, 9.17) is 0 Å². The quantitative estimate of drug-likeness (QED) is 0.594. The molecular formula is C9H14O3. The van der Waals surface area contributed by atoms with Gasteiger partial charge in [0.15, 0.2) is 0 Å². The number of rotatable bonds is 3. The molecule has 1 fully saturated rings. The molecule has 1 unspecified atom stereocenters. The summed E-state index contributed by atoms with van der Waals surface area (Å²) in [5.74, 6) is -0.230. The van der Waals surface area contributed by atoms with Gasteiger partial charge in [0.1, 0.15) is 5.78 Å². The Labute approximate surface area is 72.1 Å². The molecule has 1 aliphatic rings. The Bertz CT molecular complexity index is 208. The van der Waals surface area contributed by atoms with Gasteiger partial charge < -0.3 is 4.74 Å². The molecule has 0 aliphatic heterocycles. The average Bonchev–Trinajstić information content (AvgIpc) is 2.80. The summed E-state index contributed by atoms with van der Waals surface area (Å²) in [5.41, 5.74) is 0. The van der Waals surface area contributed by atoms with Crippen molar-refractivity contribution in [2.24, 2.45) is 17.8 Å². The van der Waals surface area contributed by atoms with Crippen LogP contribution in [0.3, 0.4) is 0 Å². The van der Waals surface area contributed by atoms with Gasteiger partial charge in [0.2, 0.25) is 0 Å². The highest BCUT2D eigenvalue weighted by molar-refractivity contribution is 5.92. The van der Waals surface area contributed by atoms with Gasteiger partial charge in [-0.25, -0.2) is 0 Å². The molecule has 0 aromatic heterocycles. The predicted molar refractivity (Wildman–Crippen MR) is 43.5 cm³/mol. The Morgan fingerprint density at radius 2 is 1.92 bits per heavy atom. The largest absolute Gasteiger partial charge is 0.469 e. The topological polar surface area (TPSA) is 43.4 Å². The van der Waals surface area contributed by atoms with Crippen LogP contribution in [-0.4, -0.2) is 18.9 Å². The van der Waals surface area contributed by atoms with E-state index in [1.54, 1.807) is 0 Å². The molecule has 1 rings (SSSR count). The molecule has 0 radical (unpaired) electrons. The number of hydrogen-bond acceptors (Lipinski definition) is 3. The number of Topliss-reactive ketones (excluding diaryl/α,β-unsaturated/α-hetero) is 1. The van der Waals surface area contributed by atoms with Crippen molar-refractivity contribution in [2.45, 2.75) is 20.3 Å². The van der Waals surface area contributed by atoms with Crippen molar-refractivity contribution in [2.75, 3.05) is 7.11 Å². The lowest BCUT2D eigenvalue weighted by molar-refractivity contribution is -0.143. The molecule has 0 spiro atoms. The molecule has 0 bridgehead atoms. The number of methoxy groups -OCH3 is 1. The minimum atomic E-state index is -0.242. The summed E-state index contributed by atoms with van der Waals surface area (Å²) in [6.45, 7) is 3.71. The van der Waals surface area contributed by atoms with E-state index in [0.717, 1.165) is 0 Å².